The maximum absolute atomic E-state index is 12.3. The first-order valence-corrected chi connectivity index (χ1v) is 5.71. The van der Waals surface area contributed by atoms with Crippen LogP contribution in [0.4, 0.5) is 0 Å². The highest BCUT2D eigenvalue weighted by Crippen LogP contribution is 2.38. The van der Waals surface area contributed by atoms with E-state index < -0.39 is 0 Å². The summed E-state index contributed by atoms with van der Waals surface area (Å²) in [7, 11) is 1.58. The van der Waals surface area contributed by atoms with Crippen molar-refractivity contribution in [3.63, 3.8) is 0 Å². The quantitative estimate of drug-likeness (QED) is 0.748. The van der Waals surface area contributed by atoms with E-state index in [2.05, 4.69) is 0 Å². The molecular weight excluding hydrogens is 228 g/mol. The average Bonchev–Trinajstić information content (AvgIpc) is 2.71. The van der Waals surface area contributed by atoms with Crippen LogP contribution in [-0.4, -0.2) is 18.0 Å². The number of ether oxygens (including phenoxy) is 1. The molecular formula is C15H12O3. The first-order chi connectivity index (χ1) is 8.74. The van der Waals surface area contributed by atoms with Crippen molar-refractivity contribution in [1.82, 2.24) is 0 Å². The van der Waals surface area contributed by atoms with Crippen molar-refractivity contribution >= 4 is 5.78 Å². The van der Waals surface area contributed by atoms with Gasteiger partial charge in [-0.25, -0.2) is 0 Å². The van der Waals surface area contributed by atoms with Crippen LogP contribution in [0.15, 0.2) is 36.4 Å². The minimum absolute atomic E-state index is 0.00537. The van der Waals surface area contributed by atoms with Gasteiger partial charge in [-0.05, 0) is 41.0 Å². The molecule has 1 aliphatic carbocycles. The Morgan fingerprint density at radius 3 is 2.33 bits per heavy atom. The summed E-state index contributed by atoms with van der Waals surface area (Å²) in [6.45, 7) is -0.0553. The third-order valence-corrected chi connectivity index (χ3v) is 3.27. The Hall–Kier alpha value is -2.13. The van der Waals surface area contributed by atoms with E-state index in [1.165, 1.54) is 0 Å². The van der Waals surface area contributed by atoms with E-state index >= 15 is 0 Å². The molecule has 3 nitrogen and oxygen atoms in total. The van der Waals surface area contributed by atoms with E-state index in [0.29, 0.717) is 16.9 Å². The number of aliphatic hydroxyl groups excluding tert-OH is 1. The molecule has 3 rings (SSSR count). The smallest absolute Gasteiger partial charge is 0.194 e. The van der Waals surface area contributed by atoms with Crippen LogP contribution in [0.3, 0.4) is 0 Å². The molecule has 0 amide bonds. The van der Waals surface area contributed by atoms with Crippen molar-refractivity contribution < 1.29 is 14.6 Å². The van der Waals surface area contributed by atoms with Gasteiger partial charge in [0.05, 0.1) is 13.7 Å². The summed E-state index contributed by atoms with van der Waals surface area (Å²) in [5.74, 6) is 0.673. The molecule has 1 N–H and O–H groups in total. The lowest BCUT2D eigenvalue weighted by molar-refractivity contribution is 0.104. The minimum Gasteiger partial charge on any atom is -0.497 e. The molecule has 0 unspecified atom stereocenters. The van der Waals surface area contributed by atoms with E-state index in [9.17, 15) is 4.79 Å². The first kappa shape index (κ1) is 11.0. The normalized spacial score (nSPS) is 12.2. The van der Waals surface area contributed by atoms with Gasteiger partial charge in [-0.2, -0.15) is 0 Å². The molecule has 0 saturated carbocycles. The Morgan fingerprint density at radius 2 is 1.67 bits per heavy atom. The highest BCUT2D eigenvalue weighted by Gasteiger charge is 2.27. The SMILES string of the molecule is COc1ccc2c(c1)C(=O)c1cc(CO)ccc1-2. The summed E-state index contributed by atoms with van der Waals surface area (Å²) < 4.78 is 5.14. The van der Waals surface area contributed by atoms with Crippen LogP contribution >= 0.6 is 0 Å². The van der Waals surface area contributed by atoms with Crippen LogP contribution in [0.1, 0.15) is 21.5 Å². The highest BCUT2D eigenvalue weighted by molar-refractivity contribution is 6.21. The Morgan fingerprint density at radius 1 is 1.00 bits per heavy atom. The van der Waals surface area contributed by atoms with Gasteiger partial charge in [-0.15, -0.1) is 0 Å². The maximum atomic E-state index is 12.3. The molecule has 2 aromatic carbocycles. The molecule has 0 saturated heterocycles. The molecule has 18 heavy (non-hydrogen) atoms. The lowest BCUT2D eigenvalue weighted by Gasteiger charge is -2.03. The van der Waals surface area contributed by atoms with Gasteiger partial charge in [0, 0.05) is 11.1 Å². The third kappa shape index (κ3) is 1.45. The van der Waals surface area contributed by atoms with Crippen molar-refractivity contribution in [3.05, 3.63) is 53.1 Å². The second kappa shape index (κ2) is 3.96. The molecule has 2 aromatic rings. The monoisotopic (exact) mass is 240 g/mol. The van der Waals surface area contributed by atoms with Gasteiger partial charge in [0.2, 0.25) is 0 Å². The topological polar surface area (TPSA) is 46.5 Å². The number of methoxy groups -OCH3 is 1. The molecule has 3 heteroatoms. The van der Waals surface area contributed by atoms with E-state index in [1.54, 1.807) is 19.2 Å². The summed E-state index contributed by atoms with van der Waals surface area (Å²) in [4.78, 5) is 12.3. The zero-order chi connectivity index (χ0) is 12.7. The van der Waals surface area contributed by atoms with E-state index in [0.717, 1.165) is 16.7 Å². The Bertz CT molecular complexity index is 589. The molecule has 90 valence electrons. The standard InChI is InChI=1S/C15H12O3/c1-18-10-3-5-12-11-4-2-9(8-16)6-13(11)15(17)14(12)7-10/h2-7,16H,8H2,1H3. The largest absolute Gasteiger partial charge is 0.497 e. The van der Waals surface area contributed by atoms with Gasteiger partial charge in [0.25, 0.3) is 0 Å². The summed E-state index contributed by atoms with van der Waals surface area (Å²) >= 11 is 0. The van der Waals surface area contributed by atoms with Crippen LogP contribution < -0.4 is 4.74 Å². The number of benzene rings is 2. The molecule has 1 aliphatic rings. The Labute approximate surface area is 105 Å². The zero-order valence-electron chi connectivity index (χ0n) is 9.93. The molecule has 0 aromatic heterocycles. The van der Waals surface area contributed by atoms with E-state index in [4.69, 9.17) is 9.84 Å². The second-order valence-electron chi connectivity index (χ2n) is 4.28. The Balaban J connectivity index is 2.21. The zero-order valence-corrected chi connectivity index (χ0v) is 9.93. The predicted molar refractivity (Wildman–Crippen MR) is 67.8 cm³/mol. The average molecular weight is 240 g/mol. The lowest BCUT2D eigenvalue weighted by Crippen LogP contribution is -1.97. The van der Waals surface area contributed by atoms with Gasteiger partial charge >= 0.3 is 0 Å². The molecule has 0 spiro atoms. The highest BCUT2D eigenvalue weighted by atomic mass is 16.5. The van der Waals surface area contributed by atoms with Crippen LogP contribution in [0.5, 0.6) is 5.75 Å². The summed E-state index contributed by atoms with van der Waals surface area (Å²) in [5, 5.41) is 9.12. The van der Waals surface area contributed by atoms with Crippen molar-refractivity contribution in [1.29, 1.82) is 0 Å². The number of carbonyl (C=O) groups is 1. The molecule has 0 atom stereocenters. The first-order valence-electron chi connectivity index (χ1n) is 5.71. The maximum Gasteiger partial charge on any atom is 0.194 e. The van der Waals surface area contributed by atoms with Crippen LogP contribution in [0, 0.1) is 0 Å². The fourth-order valence-corrected chi connectivity index (χ4v) is 2.33. The summed E-state index contributed by atoms with van der Waals surface area (Å²) in [6.07, 6.45) is 0. The van der Waals surface area contributed by atoms with Crippen LogP contribution in [0.2, 0.25) is 0 Å². The summed E-state index contributed by atoms with van der Waals surface area (Å²) in [5.41, 5.74) is 3.93. The molecule has 0 aliphatic heterocycles. The van der Waals surface area contributed by atoms with Crippen LogP contribution in [0.25, 0.3) is 11.1 Å². The summed E-state index contributed by atoms with van der Waals surface area (Å²) in [6, 6.07) is 11.0. The van der Waals surface area contributed by atoms with E-state index in [-0.39, 0.29) is 12.4 Å². The number of rotatable bonds is 2. The Kier molecular flexibility index (Phi) is 2.42. The predicted octanol–water partition coefficient (Wildman–Crippen LogP) is 2.40. The number of hydrogen-bond acceptors (Lipinski definition) is 3. The van der Waals surface area contributed by atoms with Gasteiger partial charge in [-0.3, -0.25) is 4.79 Å². The number of ketones is 1. The number of fused-ring (bicyclic) bond motifs is 3. The fourth-order valence-electron chi connectivity index (χ4n) is 2.33. The molecule has 0 fully saturated rings. The number of hydrogen-bond donors (Lipinski definition) is 1. The fraction of sp³-hybridized carbons (Fsp3) is 0.133. The molecule has 0 bridgehead atoms. The number of aliphatic hydroxyl groups is 1. The van der Waals surface area contributed by atoms with Crippen molar-refractivity contribution in [2.75, 3.05) is 7.11 Å². The third-order valence-electron chi connectivity index (χ3n) is 3.27. The lowest BCUT2D eigenvalue weighted by atomic mass is 10.0. The van der Waals surface area contributed by atoms with Crippen LogP contribution in [-0.2, 0) is 6.61 Å². The van der Waals surface area contributed by atoms with Gasteiger partial charge in [0.15, 0.2) is 5.78 Å². The van der Waals surface area contributed by atoms with Gasteiger partial charge < -0.3 is 9.84 Å². The molecule has 0 heterocycles. The van der Waals surface area contributed by atoms with Crippen molar-refractivity contribution in [2.45, 2.75) is 6.61 Å². The van der Waals surface area contributed by atoms with Crippen molar-refractivity contribution in [2.24, 2.45) is 0 Å². The second-order valence-corrected chi connectivity index (χ2v) is 4.28. The minimum atomic E-state index is -0.0553. The van der Waals surface area contributed by atoms with Gasteiger partial charge in [-0.1, -0.05) is 12.1 Å². The molecule has 0 radical (unpaired) electrons. The van der Waals surface area contributed by atoms with E-state index in [1.807, 2.05) is 24.3 Å². The van der Waals surface area contributed by atoms with Crippen molar-refractivity contribution in [3.8, 4) is 16.9 Å². The van der Waals surface area contributed by atoms with Gasteiger partial charge in [0.1, 0.15) is 5.75 Å². The number of carbonyl (C=O) groups excluding carboxylic acids is 1.